The van der Waals surface area contributed by atoms with Crippen LogP contribution >= 0.6 is 0 Å². The molecule has 3 rings (SSSR count). The molecule has 3 nitrogen and oxygen atoms in total. The maximum absolute atomic E-state index is 10.8. The maximum atomic E-state index is 10.8. The van der Waals surface area contributed by atoms with Gasteiger partial charge in [0.2, 0.25) is 0 Å². The number of piperidine rings is 1. The third kappa shape index (κ3) is 2.85. The van der Waals surface area contributed by atoms with Gasteiger partial charge >= 0.3 is 0 Å². The lowest BCUT2D eigenvalue weighted by Gasteiger charge is -2.58. The Hall–Kier alpha value is -0.120. The molecule has 0 aromatic heterocycles. The van der Waals surface area contributed by atoms with Crippen molar-refractivity contribution in [1.29, 1.82) is 0 Å². The molecule has 22 heavy (non-hydrogen) atoms. The second-order valence-electron chi connectivity index (χ2n) is 8.04. The SMILES string of the molecule is CCCCCC[C@@H]1C[C@H](O)[C@@H]2CCCC[C@]23CC[C@@H](CO)N13. The summed E-state index contributed by atoms with van der Waals surface area (Å²) in [6.45, 7) is 2.56. The van der Waals surface area contributed by atoms with Crippen LogP contribution in [0.3, 0.4) is 0 Å². The minimum atomic E-state index is -0.106. The van der Waals surface area contributed by atoms with Gasteiger partial charge in [-0.15, -0.1) is 0 Å². The Morgan fingerprint density at radius 1 is 1.05 bits per heavy atom. The van der Waals surface area contributed by atoms with Crippen LogP contribution in [0, 0.1) is 5.92 Å². The third-order valence-corrected chi connectivity index (χ3v) is 6.86. The van der Waals surface area contributed by atoms with E-state index < -0.39 is 0 Å². The molecule has 0 unspecified atom stereocenters. The molecule has 2 heterocycles. The molecule has 0 radical (unpaired) electrons. The van der Waals surface area contributed by atoms with Crippen LogP contribution in [0.15, 0.2) is 0 Å². The Morgan fingerprint density at radius 3 is 2.68 bits per heavy atom. The van der Waals surface area contributed by atoms with Crippen LogP contribution in [-0.2, 0) is 0 Å². The van der Waals surface area contributed by atoms with Crippen LogP contribution in [0.2, 0.25) is 0 Å². The molecule has 0 aromatic rings. The molecule has 0 amide bonds. The topological polar surface area (TPSA) is 43.7 Å². The fourth-order valence-electron chi connectivity index (χ4n) is 5.94. The summed E-state index contributed by atoms with van der Waals surface area (Å²) in [5.74, 6) is 0.463. The van der Waals surface area contributed by atoms with Gasteiger partial charge < -0.3 is 10.2 Å². The first-order chi connectivity index (χ1) is 10.7. The quantitative estimate of drug-likeness (QED) is 0.738. The maximum Gasteiger partial charge on any atom is 0.0601 e. The fraction of sp³-hybridized carbons (Fsp3) is 1.00. The van der Waals surface area contributed by atoms with E-state index in [2.05, 4.69) is 11.8 Å². The van der Waals surface area contributed by atoms with E-state index in [4.69, 9.17) is 0 Å². The molecule has 2 aliphatic heterocycles. The Kier molecular flexibility index (Phi) is 5.47. The van der Waals surface area contributed by atoms with Crippen molar-refractivity contribution in [2.45, 2.75) is 108 Å². The summed E-state index contributed by atoms with van der Waals surface area (Å²) < 4.78 is 0. The smallest absolute Gasteiger partial charge is 0.0601 e. The normalized spacial score (nSPS) is 42.1. The summed E-state index contributed by atoms with van der Waals surface area (Å²) in [5.41, 5.74) is 0.221. The van der Waals surface area contributed by atoms with Gasteiger partial charge in [-0.2, -0.15) is 0 Å². The molecule has 3 fully saturated rings. The summed E-state index contributed by atoms with van der Waals surface area (Å²) in [6.07, 6.45) is 14.6. The van der Waals surface area contributed by atoms with Crippen molar-refractivity contribution in [2.75, 3.05) is 6.61 Å². The predicted octanol–water partition coefficient (Wildman–Crippen LogP) is 3.48. The third-order valence-electron chi connectivity index (χ3n) is 6.86. The molecule has 0 aromatic carbocycles. The lowest BCUT2D eigenvalue weighted by Crippen LogP contribution is -2.65. The Morgan fingerprint density at radius 2 is 1.91 bits per heavy atom. The lowest BCUT2D eigenvalue weighted by molar-refractivity contribution is -0.126. The van der Waals surface area contributed by atoms with Crippen LogP contribution in [0.1, 0.15) is 84.0 Å². The van der Waals surface area contributed by atoms with E-state index in [1.807, 2.05) is 0 Å². The summed E-state index contributed by atoms with van der Waals surface area (Å²) >= 11 is 0. The Labute approximate surface area is 136 Å². The van der Waals surface area contributed by atoms with Gasteiger partial charge in [-0.05, 0) is 38.5 Å². The van der Waals surface area contributed by atoms with Crippen LogP contribution in [-0.4, -0.2) is 45.4 Å². The zero-order valence-corrected chi connectivity index (χ0v) is 14.3. The van der Waals surface area contributed by atoms with E-state index in [1.54, 1.807) is 0 Å². The van der Waals surface area contributed by atoms with Crippen molar-refractivity contribution in [3.05, 3.63) is 0 Å². The number of rotatable bonds is 6. The van der Waals surface area contributed by atoms with Crippen molar-refractivity contribution in [2.24, 2.45) is 5.92 Å². The molecule has 3 heteroatoms. The van der Waals surface area contributed by atoms with Crippen molar-refractivity contribution in [3.8, 4) is 0 Å². The van der Waals surface area contributed by atoms with Crippen LogP contribution < -0.4 is 0 Å². The highest BCUT2D eigenvalue weighted by molar-refractivity contribution is 5.12. The number of aliphatic hydroxyl groups excluding tert-OH is 2. The molecule has 1 saturated carbocycles. The van der Waals surface area contributed by atoms with Crippen LogP contribution in [0.4, 0.5) is 0 Å². The fourth-order valence-corrected chi connectivity index (χ4v) is 5.94. The Bertz CT molecular complexity index is 361. The van der Waals surface area contributed by atoms with Crippen molar-refractivity contribution in [3.63, 3.8) is 0 Å². The monoisotopic (exact) mass is 309 g/mol. The summed E-state index contributed by atoms with van der Waals surface area (Å²) in [6, 6.07) is 0.852. The van der Waals surface area contributed by atoms with E-state index in [9.17, 15) is 10.2 Å². The van der Waals surface area contributed by atoms with Gasteiger partial charge in [0.1, 0.15) is 0 Å². The molecule has 1 spiro atoms. The van der Waals surface area contributed by atoms with Gasteiger partial charge in [-0.1, -0.05) is 45.4 Å². The molecule has 5 atom stereocenters. The first-order valence-corrected chi connectivity index (χ1v) is 9.80. The number of unbranched alkanes of at least 4 members (excludes halogenated alkanes) is 3. The van der Waals surface area contributed by atoms with Crippen LogP contribution in [0.25, 0.3) is 0 Å². The first kappa shape index (κ1) is 16.7. The minimum absolute atomic E-state index is 0.106. The molecule has 1 aliphatic carbocycles. The molecular formula is C19H35NO2. The van der Waals surface area contributed by atoms with Crippen LogP contribution in [0.5, 0.6) is 0 Å². The van der Waals surface area contributed by atoms with Gasteiger partial charge in [0.15, 0.2) is 0 Å². The Balaban J connectivity index is 1.76. The van der Waals surface area contributed by atoms with Gasteiger partial charge in [0, 0.05) is 23.5 Å². The van der Waals surface area contributed by atoms with Crippen molar-refractivity contribution >= 4 is 0 Å². The van der Waals surface area contributed by atoms with Crippen molar-refractivity contribution in [1.82, 2.24) is 4.90 Å². The average Bonchev–Trinajstić information content (AvgIpc) is 2.90. The van der Waals surface area contributed by atoms with Gasteiger partial charge in [-0.3, -0.25) is 4.90 Å². The van der Waals surface area contributed by atoms with E-state index >= 15 is 0 Å². The van der Waals surface area contributed by atoms with E-state index in [1.165, 1.54) is 64.2 Å². The standard InChI is InChI=1S/C19H35NO2/c1-2-3-4-5-8-15-13-18(22)17-9-6-7-11-19(17)12-10-16(14-21)20(15)19/h15-18,21-22H,2-14H2,1H3/t15-,16+,17+,18+,19+/m1/s1. The number of nitrogens with zero attached hydrogens (tertiary/aromatic N) is 1. The van der Waals surface area contributed by atoms with Crippen molar-refractivity contribution < 1.29 is 10.2 Å². The second-order valence-corrected chi connectivity index (χ2v) is 8.04. The number of hydrogen-bond donors (Lipinski definition) is 2. The highest BCUT2D eigenvalue weighted by Crippen LogP contribution is 2.54. The average molecular weight is 309 g/mol. The lowest BCUT2D eigenvalue weighted by atomic mass is 9.64. The largest absolute Gasteiger partial charge is 0.395 e. The zero-order valence-electron chi connectivity index (χ0n) is 14.3. The predicted molar refractivity (Wildman–Crippen MR) is 89.8 cm³/mol. The number of aliphatic hydroxyl groups is 2. The summed E-state index contributed by atoms with van der Waals surface area (Å²) in [4.78, 5) is 2.72. The summed E-state index contributed by atoms with van der Waals surface area (Å²) in [5, 5.41) is 20.7. The zero-order chi connectivity index (χ0) is 15.6. The summed E-state index contributed by atoms with van der Waals surface area (Å²) in [7, 11) is 0. The molecule has 2 saturated heterocycles. The minimum Gasteiger partial charge on any atom is -0.395 e. The second kappa shape index (κ2) is 7.19. The van der Waals surface area contributed by atoms with Gasteiger partial charge in [0.25, 0.3) is 0 Å². The number of hydrogen-bond acceptors (Lipinski definition) is 3. The highest BCUT2D eigenvalue weighted by atomic mass is 16.3. The van der Waals surface area contributed by atoms with E-state index in [0.717, 1.165) is 12.8 Å². The van der Waals surface area contributed by atoms with Gasteiger partial charge in [-0.25, -0.2) is 0 Å². The van der Waals surface area contributed by atoms with E-state index in [0.29, 0.717) is 24.6 Å². The molecule has 2 N–H and O–H groups in total. The van der Waals surface area contributed by atoms with Gasteiger partial charge in [0.05, 0.1) is 12.7 Å². The molecule has 0 bridgehead atoms. The molecular weight excluding hydrogens is 274 g/mol. The van der Waals surface area contributed by atoms with E-state index in [-0.39, 0.29) is 11.6 Å². The first-order valence-electron chi connectivity index (χ1n) is 9.80. The highest BCUT2D eigenvalue weighted by Gasteiger charge is 2.58. The molecule has 128 valence electrons. The molecule has 3 aliphatic rings.